The number of aryl methyl sites for hydroxylation is 1. The molecule has 6 nitrogen and oxygen atoms in total. The molecule has 0 aliphatic carbocycles. The first-order valence-electron chi connectivity index (χ1n) is 10.2. The summed E-state index contributed by atoms with van der Waals surface area (Å²) in [6.07, 6.45) is 2.28. The van der Waals surface area contributed by atoms with Crippen molar-refractivity contribution in [2.75, 3.05) is 6.54 Å². The second-order valence-corrected chi connectivity index (χ2v) is 8.70. The lowest BCUT2D eigenvalue weighted by Gasteiger charge is -2.09. The average Bonchev–Trinajstić information content (AvgIpc) is 2.83. The Morgan fingerprint density at radius 1 is 1.06 bits per heavy atom. The Kier molecular flexibility index (Phi) is 7.38. The van der Waals surface area contributed by atoms with Crippen molar-refractivity contribution >= 4 is 39.7 Å². The van der Waals surface area contributed by atoms with Crippen molar-refractivity contribution in [3.63, 3.8) is 0 Å². The van der Waals surface area contributed by atoms with Crippen LogP contribution in [0, 0.1) is 11.6 Å². The third kappa shape index (κ3) is 5.51. The molecule has 2 N–H and O–H groups in total. The SMILES string of the molecule is O=C(c1ccc2ncc(-c3ccc(Cl)cc3)nc2c1)c1cc(CCCNS(=O)O)cc(F)c1F. The van der Waals surface area contributed by atoms with E-state index in [2.05, 4.69) is 14.7 Å². The molecule has 4 rings (SSSR count). The Labute approximate surface area is 201 Å². The fraction of sp³-hybridized carbons (Fsp3) is 0.125. The van der Waals surface area contributed by atoms with Crippen LogP contribution in [0.4, 0.5) is 8.78 Å². The van der Waals surface area contributed by atoms with Crippen LogP contribution in [0.1, 0.15) is 27.9 Å². The maximum atomic E-state index is 14.5. The summed E-state index contributed by atoms with van der Waals surface area (Å²) in [5.74, 6) is -3.05. The van der Waals surface area contributed by atoms with Crippen molar-refractivity contribution in [3.8, 4) is 11.3 Å². The molecule has 0 bridgehead atoms. The molecule has 174 valence electrons. The highest BCUT2D eigenvalue weighted by Crippen LogP contribution is 2.24. The van der Waals surface area contributed by atoms with Crippen LogP contribution in [0.2, 0.25) is 5.02 Å². The van der Waals surface area contributed by atoms with Gasteiger partial charge in [-0.25, -0.2) is 22.7 Å². The van der Waals surface area contributed by atoms with Crippen molar-refractivity contribution in [3.05, 3.63) is 94.1 Å². The number of hydrogen-bond acceptors (Lipinski definition) is 4. The number of benzene rings is 3. The molecule has 0 radical (unpaired) electrons. The topological polar surface area (TPSA) is 92.2 Å². The number of carbonyl (C=O) groups is 1. The van der Waals surface area contributed by atoms with Gasteiger partial charge in [0.05, 0.1) is 28.5 Å². The maximum Gasteiger partial charge on any atom is 0.231 e. The quantitative estimate of drug-likeness (QED) is 0.199. The molecule has 0 saturated heterocycles. The molecule has 0 saturated carbocycles. The van der Waals surface area contributed by atoms with Gasteiger partial charge in [0, 0.05) is 22.7 Å². The van der Waals surface area contributed by atoms with E-state index in [1.54, 1.807) is 36.5 Å². The molecule has 0 spiro atoms. The second kappa shape index (κ2) is 10.4. The molecule has 0 aliphatic rings. The summed E-state index contributed by atoms with van der Waals surface area (Å²) in [5, 5.41) is 0.585. The van der Waals surface area contributed by atoms with Crippen LogP contribution < -0.4 is 4.72 Å². The minimum absolute atomic E-state index is 0.142. The van der Waals surface area contributed by atoms with E-state index >= 15 is 0 Å². The van der Waals surface area contributed by atoms with E-state index in [0.29, 0.717) is 33.7 Å². The fourth-order valence-corrected chi connectivity index (χ4v) is 3.92. The van der Waals surface area contributed by atoms with Crippen LogP contribution in [-0.4, -0.2) is 31.1 Å². The molecule has 0 amide bonds. The second-order valence-electron chi connectivity index (χ2n) is 7.48. The first-order valence-corrected chi connectivity index (χ1v) is 11.7. The van der Waals surface area contributed by atoms with E-state index in [0.717, 1.165) is 11.6 Å². The van der Waals surface area contributed by atoms with Crippen molar-refractivity contribution in [1.29, 1.82) is 0 Å². The average molecular weight is 502 g/mol. The Balaban J connectivity index is 1.63. The number of carbonyl (C=O) groups excluding carboxylic acids is 1. The number of rotatable bonds is 8. The fourth-order valence-electron chi connectivity index (χ4n) is 3.47. The molecular formula is C24H18ClF2N3O3S. The Bertz CT molecular complexity index is 1400. The predicted molar refractivity (Wildman–Crippen MR) is 127 cm³/mol. The minimum Gasteiger partial charge on any atom is -0.294 e. The zero-order valence-corrected chi connectivity index (χ0v) is 19.2. The molecule has 0 aliphatic heterocycles. The molecule has 34 heavy (non-hydrogen) atoms. The lowest BCUT2D eigenvalue weighted by molar-refractivity contribution is 0.103. The third-order valence-electron chi connectivity index (χ3n) is 5.14. The Morgan fingerprint density at radius 3 is 2.56 bits per heavy atom. The van der Waals surface area contributed by atoms with E-state index in [1.165, 1.54) is 18.2 Å². The van der Waals surface area contributed by atoms with Gasteiger partial charge in [0.15, 0.2) is 17.4 Å². The van der Waals surface area contributed by atoms with Crippen molar-refractivity contribution in [1.82, 2.24) is 14.7 Å². The number of hydrogen-bond donors (Lipinski definition) is 2. The molecular weight excluding hydrogens is 484 g/mol. The summed E-state index contributed by atoms with van der Waals surface area (Å²) in [6, 6.07) is 14.0. The van der Waals surface area contributed by atoms with E-state index in [-0.39, 0.29) is 18.5 Å². The van der Waals surface area contributed by atoms with Crippen LogP contribution in [-0.2, 0) is 17.7 Å². The van der Waals surface area contributed by atoms with Crippen LogP contribution in [0.3, 0.4) is 0 Å². The zero-order chi connectivity index (χ0) is 24.2. The van der Waals surface area contributed by atoms with Gasteiger partial charge in [-0.05, 0) is 60.9 Å². The lowest BCUT2D eigenvalue weighted by atomic mass is 9.98. The predicted octanol–water partition coefficient (Wildman–Crippen LogP) is 5.12. The number of ketones is 1. The summed E-state index contributed by atoms with van der Waals surface area (Å²) in [4.78, 5) is 22.0. The minimum atomic E-state index is -2.15. The molecule has 4 aromatic rings. The largest absolute Gasteiger partial charge is 0.294 e. The Hall–Kier alpha value is -3.11. The number of fused-ring (bicyclic) bond motifs is 1. The molecule has 1 unspecified atom stereocenters. The summed E-state index contributed by atoms with van der Waals surface area (Å²) in [6.45, 7) is 0.199. The van der Waals surface area contributed by atoms with Crippen LogP contribution in [0.25, 0.3) is 22.3 Å². The zero-order valence-electron chi connectivity index (χ0n) is 17.6. The number of nitrogens with one attached hydrogen (secondary N) is 1. The van der Waals surface area contributed by atoms with Crippen LogP contribution in [0.5, 0.6) is 0 Å². The highest BCUT2D eigenvalue weighted by molar-refractivity contribution is 7.77. The van der Waals surface area contributed by atoms with Gasteiger partial charge in [0.1, 0.15) is 0 Å². The highest BCUT2D eigenvalue weighted by Gasteiger charge is 2.19. The summed E-state index contributed by atoms with van der Waals surface area (Å²) >= 11 is 3.78. The van der Waals surface area contributed by atoms with Crippen molar-refractivity contribution < 1.29 is 22.3 Å². The van der Waals surface area contributed by atoms with Crippen LogP contribution in [0.15, 0.2) is 60.8 Å². The third-order valence-corrected chi connectivity index (χ3v) is 5.85. The Morgan fingerprint density at radius 2 is 1.82 bits per heavy atom. The molecule has 1 aromatic heterocycles. The summed E-state index contributed by atoms with van der Waals surface area (Å²) < 4.78 is 50.4. The first kappa shape index (κ1) is 24.0. The van der Waals surface area contributed by atoms with Crippen molar-refractivity contribution in [2.45, 2.75) is 12.8 Å². The smallest absolute Gasteiger partial charge is 0.231 e. The van der Waals surface area contributed by atoms with Gasteiger partial charge in [-0.2, -0.15) is 0 Å². The molecule has 1 atom stereocenters. The van der Waals surface area contributed by atoms with E-state index in [1.807, 2.05) is 0 Å². The van der Waals surface area contributed by atoms with E-state index in [4.69, 9.17) is 16.2 Å². The van der Waals surface area contributed by atoms with Gasteiger partial charge < -0.3 is 0 Å². The highest BCUT2D eigenvalue weighted by atomic mass is 35.5. The summed E-state index contributed by atoms with van der Waals surface area (Å²) in [5.41, 5.74) is 2.49. The van der Waals surface area contributed by atoms with Gasteiger partial charge in [-0.3, -0.25) is 14.3 Å². The number of halogens is 3. The molecule has 1 heterocycles. The normalized spacial score (nSPS) is 12.1. The van der Waals surface area contributed by atoms with Gasteiger partial charge >= 0.3 is 0 Å². The van der Waals surface area contributed by atoms with Gasteiger partial charge in [-0.15, -0.1) is 0 Å². The van der Waals surface area contributed by atoms with Gasteiger partial charge in [-0.1, -0.05) is 23.7 Å². The van der Waals surface area contributed by atoms with E-state index < -0.39 is 34.2 Å². The molecule has 10 heteroatoms. The van der Waals surface area contributed by atoms with Crippen LogP contribution >= 0.6 is 11.6 Å². The standard InChI is InChI=1S/C24H18ClF2N3O3S/c25-17-6-3-15(4-7-17)22-13-28-20-8-5-16(12-21(20)30-22)24(31)18-10-14(11-19(26)23(18)27)2-1-9-29-34(32)33/h3-8,10-13,29H,1-2,9H2,(H,32,33). The lowest BCUT2D eigenvalue weighted by Crippen LogP contribution is -2.18. The summed E-state index contributed by atoms with van der Waals surface area (Å²) in [7, 11) is 0. The molecule has 3 aromatic carbocycles. The van der Waals surface area contributed by atoms with Crippen molar-refractivity contribution in [2.24, 2.45) is 0 Å². The number of nitrogens with zero attached hydrogens (tertiary/aromatic N) is 2. The van der Waals surface area contributed by atoms with Gasteiger partial charge in [0.25, 0.3) is 0 Å². The number of aromatic nitrogens is 2. The van der Waals surface area contributed by atoms with Gasteiger partial charge in [0.2, 0.25) is 11.3 Å². The van der Waals surface area contributed by atoms with E-state index in [9.17, 15) is 17.8 Å². The maximum absolute atomic E-state index is 14.5. The molecule has 0 fully saturated rings. The monoisotopic (exact) mass is 501 g/mol. The first-order chi connectivity index (χ1) is 16.3.